The molecular formula is C15H23N3O. The molecule has 4 heteroatoms. The number of nitrogens with one attached hydrogen (secondary N) is 1. The van der Waals surface area contributed by atoms with Gasteiger partial charge in [-0.15, -0.1) is 0 Å². The molecule has 104 valence electrons. The van der Waals surface area contributed by atoms with Crippen LogP contribution in [0, 0.1) is 0 Å². The number of hydrogen-bond donors (Lipinski definition) is 2. The summed E-state index contributed by atoms with van der Waals surface area (Å²) < 4.78 is 5.82. The lowest BCUT2D eigenvalue weighted by Gasteiger charge is -2.49. The van der Waals surface area contributed by atoms with Crippen LogP contribution < -0.4 is 11.3 Å². The highest BCUT2D eigenvalue weighted by atomic mass is 16.5. The minimum absolute atomic E-state index is 0.0917. The maximum Gasteiger partial charge on any atom is 0.0851 e. The van der Waals surface area contributed by atoms with Gasteiger partial charge in [0.25, 0.3) is 0 Å². The van der Waals surface area contributed by atoms with Gasteiger partial charge >= 0.3 is 0 Å². The highest BCUT2D eigenvalue weighted by Crippen LogP contribution is 2.45. The maximum atomic E-state index is 5.87. The zero-order chi connectivity index (χ0) is 13.3. The molecule has 0 amide bonds. The van der Waals surface area contributed by atoms with Crippen LogP contribution >= 0.6 is 0 Å². The van der Waals surface area contributed by atoms with Crippen molar-refractivity contribution in [1.82, 2.24) is 10.4 Å². The Kier molecular flexibility index (Phi) is 3.56. The molecule has 0 aromatic carbocycles. The van der Waals surface area contributed by atoms with E-state index in [9.17, 15) is 0 Å². The van der Waals surface area contributed by atoms with Gasteiger partial charge in [0.1, 0.15) is 0 Å². The molecular weight excluding hydrogens is 238 g/mol. The number of hydrazine groups is 1. The Morgan fingerprint density at radius 3 is 2.95 bits per heavy atom. The number of pyridine rings is 1. The van der Waals surface area contributed by atoms with Crippen molar-refractivity contribution in [1.29, 1.82) is 0 Å². The molecule has 1 saturated carbocycles. The lowest BCUT2D eigenvalue weighted by molar-refractivity contribution is -0.106. The minimum atomic E-state index is -0.0917. The van der Waals surface area contributed by atoms with E-state index in [1.165, 1.54) is 24.1 Å². The fraction of sp³-hybridized carbons (Fsp3) is 0.667. The van der Waals surface area contributed by atoms with E-state index in [-0.39, 0.29) is 11.6 Å². The van der Waals surface area contributed by atoms with Gasteiger partial charge in [0.05, 0.1) is 11.6 Å². The quantitative estimate of drug-likeness (QED) is 0.642. The number of aryl methyl sites for hydroxylation is 1. The van der Waals surface area contributed by atoms with E-state index in [1.54, 1.807) is 0 Å². The van der Waals surface area contributed by atoms with Crippen molar-refractivity contribution in [3.05, 3.63) is 29.6 Å². The van der Waals surface area contributed by atoms with E-state index < -0.39 is 0 Å². The van der Waals surface area contributed by atoms with Crippen molar-refractivity contribution in [3.8, 4) is 0 Å². The summed E-state index contributed by atoms with van der Waals surface area (Å²) in [5.74, 6) is 6.24. The molecule has 0 radical (unpaired) electrons. The predicted molar refractivity (Wildman–Crippen MR) is 74.6 cm³/mol. The van der Waals surface area contributed by atoms with Crippen LogP contribution in [-0.4, -0.2) is 23.7 Å². The van der Waals surface area contributed by atoms with Gasteiger partial charge in [-0.3, -0.25) is 16.3 Å². The maximum absolute atomic E-state index is 5.87. The number of nitrogens with zero attached hydrogens (tertiary/aromatic N) is 1. The van der Waals surface area contributed by atoms with Gasteiger partial charge in [0.2, 0.25) is 0 Å². The Hall–Kier alpha value is -0.970. The molecule has 1 aromatic rings. The zero-order valence-corrected chi connectivity index (χ0v) is 11.6. The first-order valence-corrected chi connectivity index (χ1v) is 7.26. The zero-order valence-electron chi connectivity index (χ0n) is 11.6. The predicted octanol–water partition coefficient (Wildman–Crippen LogP) is 1.90. The van der Waals surface area contributed by atoms with E-state index in [0.717, 1.165) is 25.7 Å². The molecule has 1 aromatic heterocycles. The summed E-state index contributed by atoms with van der Waals surface area (Å²) in [4.78, 5) is 4.62. The highest BCUT2D eigenvalue weighted by Gasteiger charge is 2.48. The van der Waals surface area contributed by atoms with Gasteiger partial charge in [0.15, 0.2) is 0 Å². The third-order valence-corrected chi connectivity index (χ3v) is 4.99. The molecule has 2 aliphatic rings. The van der Waals surface area contributed by atoms with E-state index >= 15 is 0 Å². The van der Waals surface area contributed by atoms with Gasteiger partial charge in [0, 0.05) is 24.9 Å². The molecule has 2 atom stereocenters. The molecule has 2 aliphatic carbocycles. The second-order valence-corrected chi connectivity index (χ2v) is 5.81. The highest BCUT2D eigenvalue weighted by molar-refractivity contribution is 5.29. The number of aromatic nitrogens is 1. The minimum Gasteiger partial charge on any atom is -0.377 e. The topological polar surface area (TPSA) is 60.2 Å². The molecule has 1 heterocycles. The van der Waals surface area contributed by atoms with Gasteiger partial charge < -0.3 is 4.74 Å². The normalized spacial score (nSPS) is 26.3. The SMILES string of the molecule is COC1(C(NN)C2CCCc3cccnc32)CCC1. The van der Waals surface area contributed by atoms with Crippen LogP contribution in [0.15, 0.2) is 18.3 Å². The van der Waals surface area contributed by atoms with E-state index in [0.29, 0.717) is 5.92 Å². The van der Waals surface area contributed by atoms with Gasteiger partial charge in [-0.05, 0) is 50.2 Å². The summed E-state index contributed by atoms with van der Waals surface area (Å²) in [5, 5.41) is 0. The van der Waals surface area contributed by atoms with Crippen molar-refractivity contribution in [2.45, 2.75) is 56.1 Å². The number of nitrogens with two attached hydrogens (primary N) is 1. The van der Waals surface area contributed by atoms with Crippen LogP contribution in [0.1, 0.15) is 49.3 Å². The molecule has 4 nitrogen and oxygen atoms in total. The van der Waals surface area contributed by atoms with E-state index in [4.69, 9.17) is 10.6 Å². The monoisotopic (exact) mass is 261 g/mol. The summed E-state index contributed by atoms with van der Waals surface area (Å²) in [6.07, 6.45) is 8.80. The molecule has 3 rings (SSSR count). The summed E-state index contributed by atoms with van der Waals surface area (Å²) in [5.41, 5.74) is 5.55. The molecule has 0 spiro atoms. The lowest BCUT2D eigenvalue weighted by Crippen LogP contribution is -2.61. The third kappa shape index (κ3) is 2.08. The molecule has 0 aliphatic heterocycles. The smallest absolute Gasteiger partial charge is 0.0851 e. The second kappa shape index (κ2) is 5.19. The Morgan fingerprint density at radius 2 is 2.32 bits per heavy atom. The molecule has 1 fully saturated rings. The first-order valence-electron chi connectivity index (χ1n) is 7.26. The fourth-order valence-corrected chi connectivity index (χ4v) is 3.77. The summed E-state index contributed by atoms with van der Waals surface area (Å²) in [6, 6.07) is 4.39. The van der Waals surface area contributed by atoms with E-state index in [2.05, 4.69) is 16.5 Å². The van der Waals surface area contributed by atoms with Crippen LogP contribution in [-0.2, 0) is 11.2 Å². The summed E-state index contributed by atoms with van der Waals surface area (Å²) >= 11 is 0. The van der Waals surface area contributed by atoms with Gasteiger partial charge in [-0.2, -0.15) is 0 Å². The van der Waals surface area contributed by atoms with Crippen LogP contribution in [0.2, 0.25) is 0 Å². The summed E-state index contributed by atoms with van der Waals surface area (Å²) in [6.45, 7) is 0. The lowest BCUT2D eigenvalue weighted by atomic mass is 9.67. The van der Waals surface area contributed by atoms with E-state index in [1.807, 2.05) is 19.4 Å². The van der Waals surface area contributed by atoms with Crippen molar-refractivity contribution < 1.29 is 4.74 Å². The summed E-state index contributed by atoms with van der Waals surface area (Å²) in [7, 11) is 1.81. The molecule has 3 N–H and O–H groups in total. The van der Waals surface area contributed by atoms with Gasteiger partial charge in [-0.25, -0.2) is 0 Å². The van der Waals surface area contributed by atoms with Crippen LogP contribution in [0.4, 0.5) is 0 Å². The van der Waals surface area contributed by atoms with Gasteiger partial charge in [-0.1, -0.05) is 6.07 Å². The van der Waals surface area contributed by atoms with Crippen molar-refractivity contribution >= 4 is 0 Å². The molecule has 19 heavy (non-hydrogen) atoms. The molecule has 2 unspecified atom stereocenters. The average molecular weight is 261 g/mol. The number of fused-ring (bicyclic) bond motifs is 1. The number of hydrogen-bond acceptors (Lipinski definition) is 4. The average Bonchev–Trinajstić information content (AvgIpc) is 2.42. The Balaban J connectivity index is 1.93. The number of rotatable bonds is 4. The van der Waals surface area contributed by atoms with Crippen LogP contribution in [0.3, 0.4) is 0 Å². The third-order valence-electron chi connectivity index (χ3n) is 4.99. The second-order valence-electron chi connectivity index (χ2n) is 5.81. The Labute approximate surface area is 114 Å². The van der Waals surface area contributed by atoms with Crippen molar-refractivity contribution in [3.63, 3.8) is 0 Å². The largest absolute Gasteiger partial charge is 0.377 e. The molecule has 0 bridgehead atoms. The number of methoxy groups -OCH3 is 1. The first-order chi connectivity index (χ1) is 9.30. The molecule has 0 saturated heterocycles. The fourth-order valence-electron chi connectivity index (χ4n) is 3.77. The number of ether oxygens (including phenoxy) is 1. The van der Waals surface area contributed by atoms with Crippen LogP contribution in [0.25, 0.3) is 0 Å². The first kappa shape index (κ1) is 13.0. The Bertz CT molecular complexity index is 439. The van der Waals surface area contributed by atoms with Crippen LogP contribution in [0.5, 0.6) is 0 Å². The Morgan fingerprint density at radius 1 is 1.47 bits per heavy atom. The van der Waals surface area contributed by atoms with Crippen molar-refractivity contribution in [2.24, 2.45) is 5.84 Å². The standard InChI is InChI=1S/C15H23N3O/c1-19-15(8-4-9-15)14(18-16)12-7-2-5-11-6-3-10-17-13(11)12/h3,6,10,12,14,18H,2,4-5,7-9,16H2,1H3. The van der Waals surface area contributed by atoms with Crippen molar-refractivity contribution in [2.75, 3.05) is 7.11 Å².